The molecule has 2 saturated carbocycles. The number of fused-ring (bicyclic) bond motifs is 2. The molecule has 2 bridgehead atoms. The Kier molecular flexibility index (Phi) is 1.71. The molecule has 10 heavy (non-hydrogen) atoms. The van der Waals surface area contributed by atoms with Crippen LogP contribution in [0.3, 0.4) is 0 Å². The molecule has 2 aliphatic carbocycles. The Bertz CT molecular complexity index is 117. The van der Waals surface area contributed by atoms with Gasteiger partial charge < -0.3 is 0 Å². The molecule has 0 N–H and O–H groups in total. The van der Waals surface area contributed by atoms with E-state index in [4.69, 9.17) is 0 Å². The van der Waals surface area contributed by atoms with Crippen LogP contribution in [-0.2, 0) is 0 Å². The van der Waals surface area contributed by atoms with Crippen LogP contribution >= 0.6 is 0 Å². The quantitative estimate of drug-likeness (QED) is 0.549. The first-order valence-corrected chi connectivity index (χ1v) is 4.90. The van der Waals surface area contributed by atoms with E-state index in [9.17, 15) is 0 Å². The van der Waals surface area contributed by atoms with Crippen LogP contribution in [0.4, 0.5) is 0 Å². The van der Waals surface area contributed by atoms with Crippen molar-refractivity contribution in [3.63, 3.8) is 0 Å². The Hall–Kier alpha value is 0. The third-order valence-electron chi connectivity index (χ3n) is 3.54. The lowest BCUT2D eigenvalue weighted by molar-refractivity contribution is 0.312. The van der Waals surface area contributed by atoms with E-state index in [0.717, 1.165) is 17.8 Å². The van der Waals surface area contributed by atoms with E-state index in [1.807, 2.05) is 0 Å². The molecule has 0 spiro atoms. The highest BCUT2D eigenvalue weighted by molar-refractivity contribution is 4.89. The molecule has 2 rings (SSSR count). The number of rotatable bonds is 2. The van der Waals surface area contributed by atoms with Gasteiger partial charge in [-0.2, -0.15) is 0 Å². The van der Waals surface area contributed by atoms with Crippen LogP contribution in [-0.4, -0.2) is 0 Å². The molecule has 0 amide bonds. The first kappa shape index (κ1) is 6.69. The second-order valence-electron chi connectivity index (χ2n) is 4.22. The summed E-state index contributed by atoms with van der Waals surface area (Å²) in [5.41, 5.74) is 0. The van der Waals surface area contributed by atoms with Crippen LogP contribution in [0, 0.1) is 17.8 Å². The van der Waals surface area contributed by atoms with Crippen LogP contribution in [0.15, 0.2) is 0 Å². The normalized spacial score (nSPS) is 44.7. The van der Waals surface area contributed by atoms with Crippen LogP contribution < -0.4 is 0 Å². The van der Waals surface area contributed by atoms with Crippen molar-refractivity contribution in [1.82, 2.24) is 0 Å². The second-order valence-corrected chi connectivity index (χ2v) is 4.22. The topological polar surface area (TPSA) is 0 Å². The Balaban J connectivity index is 1.90. The van der Waals surface area contributed by atoms with Gasteiger partial charge in [-0.3, -0.25) is 0 Å². The summed E-state index contributed by atoms with van der Waals surface area (Å²) in [6.07, 6.45) is 9.22. The van der Waals surface area contributed by atoms with E-state index >= 15 is 0 Å². The fourth-order valence-electron chi connectivity index (χ4n) is 3.10. The molecule has 0 aromatic rings. The summed E-state index contributed by atoms with van der Waals surface area (Å²) in [6, 6.07) is 0. The average molecular weight is 138 g/mol. The first-order valence-electron chi connectivity index (χ1n) is 4.90. The highest BCUT2D eigenvalue weighted by atomic mass is 14.4. The van der Waals surface area contributed by atoms with Crippen molar-refractivity contribution < 1.29 is 0 Å². The van der Waals surface area contributed by atoms with Gasteiger partial charge in [-0.15, -0.1) is 0 Å². The van der Waals surface area contributed by atoms with Crippen LogP contribution in [0.5, 0.6) is 0 Å². The van der Waals surface area contributed by atoms with Gasteiger partial charge >= 0.3 is 0 Å². The van der Waals surface area contributed by atoms with Gasteiger partial charge in [0.15, 0.2) is 0 Å². The molecule has 0 heteroatoms. The molecule has 0 radical (unpaired) electrons. The van der Waals surface area contributed by atoms with E-state index in [-0.39, 0.29) is 0 Å². The van der Waals surface area contributed by atoms with Crippen LogP contribution in [0.25, 0.3) is 0 Å². The van der Waals surface area contributed by atoms with Crippen molar-refractivity contribution >= 4 is 0 Å². The average Bonchev–Trinajstić information content (AvgIpc) is 2.48. The monoisotopic (exact) mass is 138 g/mol. The predicted octanol–water partition coefficient (Wildman–Crippen LogP) is 3.22. The summed E-state index contributed by atoms with van der Waals surface area (Å²) in [5, 5.41) is 0. The van der Waals surface area contributed by atoms with E-state index in [1.165, 1.54) is 12.8 Å². The Morgan fingerprint density at radius 3 is 2.60 bits per heavy atom. The third-order valence-corrected chi connectivity index (χ3v) is 3.54. The number of hydrogen-bond acceptors (Lipinski definition) is 0. The zero-order valence-electron chi connectivity index (χ0n) is 6.97. The van der Waals surface area contributed by atoms with Gasteiger partial charge in [0.25, 0.3) is 0 Å². The maximum atomic E-state index is 2.33. The second kappa shape index (κ2) is 2.56. The first-order chi connectivity index (χ1) is 4.90. The molecule has 0 nitrogen and oxygen atoms in total. The summed E-state index contributed by atoms with van der Waals surface area (Å²) in [7, 11) is 0. The lowest BCUT2D eigenvalue weighted by Crippen LogP contribution is -2.09. The van der Waals surface area contributed by atoms with Crippen molar-refractivity contribution in [3.8, 4) is 0 Å². The summed E-state index contributed by atoms with van der Waals surface area (Å²) in [6.45, 7) is 2.33. The van der Waals surface area contributed by atoms with Crippen molar-refractivity contribution in [2.75, 3.05) is 0 Å². The summed E-state index contributed by atoms with van der Waals surface area (Å²) < 4.78 is 0. The van der Waals surface area contributed by atoms with Crippen LogP contribution in [0.2, 0.25) is 0 Å². The van der Waals surface area contributed by atoms with E-state index in [2.05, 4.69) is 6.92 Å². The largest absolute Gasteiger partial charge is 0.0654 e. The van der Waals surface area contributed by atoms with Crippen molar-refractivity contribution in [2.24, 2.45) is 17.8 Å². The minimum atomic E-state index is 1.14. The highest BCUT2D eigenvalue weighted by Gasteiger charge is 2.38. The highest BCUT2D eigenvalue weighted by Crippen LogP contribution is 2.49. The molecule has 0 aromatic heterocycles. The lowest BCUT2D eigenvalue weighted by Gasteiger charge is -2.20. The van der Waals surface area contributed by atoms with E-state index in [1.54, 1.807) is 25.7 Å². The van der Waals surface area contributed by atoms with Gasteiger partial charge in [-0.25, -0.2) is 0 Å². The molecular formula is C10H18. The molecule has 2 aliphatic rings. The molecule has 0 heterocycles. The van der Waals surface area contributed by atoms with E-state index < -0.39 is 0 Å². The van der Waals surface area contributed by atoms with Crippen molar-refractivity contribution in [3.05, 3.63) is 0 Å². The van der Waals surface area contributed by atoms with Gasteiger partial charge in [0.2, 0.25) is 0 Å². The molecule has 0 aromatic carbocycles. The Labute approximate surface area is 64.0 Å². The zero-order chi connectivity index (χ0) is 6.97. The van der Waals surface area contributed by atoms with E-state index in [0.29, 0.717) is 0 Å². The molecular weight excluding hydrogens is 120 g/mol. The Morgan fingerprint density at radius 1 is 1.20 bits per heavy atom. The zero-order valence-corrected chi connectivity index (χ0v) is 6.97. The molecule has 0 saturated heterocycles. The standard InChI is InChI=1S/C10H18/c1-2-3-9-6-8-4-5-10(9)7-8/h8-10H,2-7H2,1H3/t8?,9-,10?/m1/s1. The maximum absolute atomic E-state index is 2.33. The molecule has 2 fully saturated rings. The molecule has 0 aliphatic heterocycles. The molecule has 58 valence electrons. The fourth-order valence-corrected chi connectivity index (χ4v) is 3.10. The minimum Gasteiger partial charge on any atom is -0.0654 e. The minimum absolute atomic E-state index is 1.14. The summed E-state index contributed by atoms with van der Waals surface area (Å²) in [4.78, 5) is 0. The van der Waals surface area contributed by atoms with Gasteiger partial charge in [0, 0.05) is 0 Å². The smallest absolute Gasteiger partial charge is 0.0383 e. The SMILES string of the molecule is CCC[C@@H]1CC2CCC1C2. The maximum Gasteiger partial charge on any atom is -0.0383 e. The van der Waals surface area contributed by atoms with Gasteiger partial charge in [0.05, 0.1) is 0 Å². The fraction of sp³-hybridized carbons (Fsp3) is 1.00. The predicted molar refractivity (Wildman–Crippen MR) is 43.8 cm³/mol. The third kappa shape index (κ3) is 0.980. The van der Waals surface area contributed by atoms with Crippen molar-refractivity contribution in [1.29, 1.82) is 0 Å². The summed E-state index contributed by atoms with van der Waals surface area (Å²) >= 11 is 0. The van der Waals surface area contributed by atoms with Crippen LogP contribution in [0.1, 0.15) is 45.4 Å². The molecule has 2 unspecified atom stereocenters. The van der Waals surface area contributed by atoms with Gasteiger partial charge in [0.1, 0.15) is 0 Å². The van der Waals surface area contributed by atoms with Gasteiger partial charge in [-0.05, 0) is 37.0 Å². The number of hydrogen-bond donors (Lipinski definition) is 0. The lowest BCUT2D eigenvalue weighted by atomic mass is 9.86. The Morgan fingerprint density at radius 2 is 2.10 bits per heavy atom. The summed E-state index contributed by atoms with van der Waals surface area (Å²) in [5.74, 6) is 3.45. The van der Waals surface area contributed by atoms with Gasteiger partial charge in [-0.1, -0.05) is 26.2 Å². The molecule has 3 atom stereocenters. The van der Waals surface area contributed by atoms with Crippen molar-refractivity contribution in [2.45, 2.75) is 45.4 Å².